The number of amides is 1. The summed E-state index contributed by atoms with van der Waals surface area (Å²) in [5.74, 6) is 0. The third-order valence-electron chi connectivity index (χ3n) is 2.32. The van der Waals surface area contributed by atoms with Gasteiger partial charge in [-0.3, -0.25) is 0 Å². The average molecular weight is 214 g/mol. The zero-order valence-corrected chi connectivity index (χ0v) is 9.66. The molecule has 5 nitrogen and oxygen atoms in total. The minimum Gasteiger partial charge on any atom is -0.444 e. The van der Waals surface area contributed by atoms with Crippen molar-refractivity contribution < 1.29 is 14.3 Å². The van der Waals surface area contributed by atoms with Gasteiger partial charge in [-0.2, -0.15) is 0 Å². The second-order valence-electron chi connectivity index (χ2n) is 4.86. The molecule has 86 valence electrons. The number of rotatable bonds is 2. The Bertz CT molecular complexity index is 264. The van der Waals surface area contributed by atoms with Crippen molar-refractivity contribution in [3.63, 3.8) is 0 Å². The Balaban J connectivity index is 2.45. The standard InChI is InChI=1S/C10H18N2O3/c1-9(2,3)15-8(14)12-5-10(6-12,7-13)11-4/h7,11H,5-6H2,1-4H3. The molecule has 0 saturated carbocycles. The zero-order valence-electron chi connectivity index (χ0n) is 9.66. The summed E-state index contributed by atoms with van der Waals surface area (Å²) in [5, 5.41) is 2.89. The van der Waals surface area contributed by atoms with Gasteiger partial charge in [0.1, 0.15) is 17.4 Å². The lowest BCUT2D eigenvalue weighted by atomic mass is 9.92. The molecule has 1 aliphatic heterocycles. The van der Waals surface area contributed by atoms with Crippen LogP contribution in [0.4, 0.5) is 4.79 Å². The maximum atomic E-state index is 11.5. The van der Waals surface area contributed by atoms with Crippen LogP contribution >= 0.6 is 0 Å². The van der Waals surface area contributed by atoms with Gasteiger partial charge < -0.3 is 19.7 Å². The smallest absolute Gasteiger partial charge is 0.410 e. The molecule has 1 amide bonds. The monoisotopic (exact) mass is 214 g/mol. The van der Waals surface area contributed by atoms with Crippen LogP contribution in [0, 0.1) is 0 Å². The SMILES string of the molecule is CNC1(C=O)CN(C(=O)OC(C)(C)C)C1. The van der Waals surface area contributed by atoms with Gasteiger partial charge in [0.25, 0.3) is 0 Å². The van der Waals surface area contributed by atoms with Gasteiger partial charge in [-0.05, 0) is 27.8 Å². The maximum absolute atomic E-state index is 11.5. The molecule has 1 fully saturated rings. The number of likely N-dealkylation sites (tertiary alicyclic amines) is 1. The zero-order chi connectivity index (χ0) is 11.7. The summed E-state index contributed by atoms with van der Waals surface area (Å²) in [6.45, 7) is 6.20. The third kappa shape index (κ3) is 2.68. The van der Waals surface area contributed by atoms with Crippen LogP contribution in [0.15, 0.2) is 0 Å². The van der Waals surface area contributed by atoms with Crippen LogP contribution in [0.1, 0.15) is 20.8 Å². The lowest BCUT2D eigenvalue weighted by Gasteiger charge is -2.46. The summed E-state index contributed by atoms with van der Waals surface area (Å²) in [7, 11) is 1.71. The first-order valence-electron chi connectivity index (χ1n) is 4.95. The van der Waals surface area contributed by atoms with Crippen molar-refractivity contribution in [1.82, 2.24) is 10.2 Å². The lowest BCUT2D eigenvalue weighted by Crippen LogP contribution is -2.70. The Kier molecular flexibility index (Phi) is 3.04. The highest BCUT2D eigenvalue weighted by molar-refractivity contribution is 5.76. The van der Waals surface area contributed by atoms with Crippen LogP contribution in [0.2, 0.25) is 0 Å². The van der Waals surface area contributed by atoms with Crippen molar-refractivity contribution in [2.45, 2.75) is 31.9 Å². The number of nitrogens with one attached hydrogen (secondary N) is 1. The van der Waals surface area contributed by atoms with Crippen LogP contribution in [0.25, 0.3) is 0 Å². The predicted octanol–water partition coefficient (Wildman–Crippen LogP) is 0.394. The number of carbonyl (C=O) groups is 2. The van der Waals surface area contributed by atoms with Gasteiger partial charge in [-0.1, -0.05) is 0 Å². The van der Waals surface area contributed by atoms with Gasteiger partial charge in [0, 0.05) is 0 Å². The Labute approximate surface area is 89.8 Å². The third-order valence-corrected chi connectivity index (χ3v) is 2.32. The van der Waals surface area contributed by atoms with Crippen molar-refractivity contribution in [3.8, 4) is 0 Å². The maximum Gasteiger partial charge on any atom is 0.410 e. The molecule has 1 rings (SSSR count). The van der Waals surface area contributed by atoms with E-state index in [1.165, 1.54) is 4.90 Å². The number of likely N-dealkylation sites (N-methyl/N-ethyl adjacent to an activating group) is 1. The van der Waals surface area contributed by atoms with E-state index in [-0.39, 0.29) is 6.09 Å². The number of ether oxygens (including phenoxy) is 1. The molecule has 0 aromatic carbocycles. The van der Waals surface area contributed by atoms with Crippen molar-refractivity contribution >= 4 is 12.4 Å². The first-order chi connectivity index (χ1) is 6.82. The van der Waals surface area contributed by atoms with E-state index >= 15 is 0 Å². The molecule has 15 heavy (non-hydrogen) atoms. The Morgan fingerprint density at radius 1 is 1.47 bits per heavy atom. The minimum atomic E-state index is -0.573. The topological polar surface area (TPSA) is 58.6 Å². The van der Waals surface area contributed by atoms with E-state index in [0.29, 0.717) is 13.1 Å². The Hall–Kier alpha value is -1.10. The molecule has 1 N–H and O–H groups in total. The highest BCUT2D eigenvalue weighted by Gasteiger charge is 2.45. The van der Waals surface area contributed by atoms with Crippen LogP contribution in [0.3, 0.4) is 0 Å². The van der Waals surface area contributed by atoms with Crippen LogP contribution in [0.5, 0.6) is 0 Å². The lowest BCUT2D eigenvalue weighted by molar-refractivity contribution is -0.119. The summed E-state index contributed by atoms with van der Waals surface area (Å²) in [5.41, 5.74) is -1.06. The molecule has 0 aliphatic carbocycles. The second-order valence-corrected chi connectivity index (χ2v) is 4.86. The van der Waals surface area contributed by atoms with E-state index < -0.39 is 11.1 Å². The van der Waals surface area contributed by atoms with Gasteiger partial charge in [0.05, 0.1) is 13.1 Å². The molecule has 0 aromatic heterocycles. The van der Waals surface area contributed by atoms with Crippen molar-refractivity contribution in [3.05, 3.63) is 0 Å². The Morgan fingerprint density at radius 2 is 2.00 bits per heavy atom. The number of nitrogens with zero attached hydrogens (tertiary/aromatic N) is 1. The summed E-state index contributed by atoms with van der Waals surface area (Å²) in [6, 6.07) is 0. The van der Waals surface area contributed by atoms with Crippen LogP contribution in [-0.2, 0) is 9.53 Å². The molecule has 1 aliphatic rings. The molecular formula is C10H18N2O3. The van der Waals surface area contributed by atoms with Gasteiger partial charge >= 0.3 is 6.09 Å². The van der Waals surface area contributed by atoms with Crippen molar-refractivity contribution in [2.75, 3.05) is 20.1 Å². The summed E-state index contributed by atoms with van der Waals surface area (Å²) >= 11 is 0. The van der Waals surface area contributed by atoms with E-state index in [0.717, 1.165) is 6.29 Å². The number of carbonyl (C=O) groups excluding carboxylic acids is 2. The average Bonchev–Trinajstić information content (AvgIpc) is 2.00. The molecule has 0 spiro atoms. The molecule has 1 heterocycles. The molecule has 0 atom stereocenters. The van der Waals surface area contributed by atoms with E-state index in [1.807, 2.05) is 20.8 Å². The largest absolute Gasteiger partial charge is 0.444 e. The van der Waals surface area contributed by atoms with E-state index in [9.17, 15) is 9.59 Å². The summed E-state index contributed by atoms with van der Waals surface area (Å²) in [4.78, 5) is 23.8. The van der Waals surface area contributed by atoms with Crippen molar-refractivity contribution in [2.24, 2.45) is 0 Å². The van der Waals surface area contributed by atoms with E-state index in [1.54, 1.807) is 7.05 Å². The molecule has 0 radical (unpaired) electrons. The second kappa shape index (κ2) is 3.81. The summed E-state index contributed by atoms with van der Waals surface area (Å²) in [6.07, 6.45) is 0.476. The van der Waals surface area contributed by atoms with Gasteiger partial charge in [-0.15, -0.1) is 0 Å². The van der Waals surface area contributed by atoms with Gasteiger partial charge in [0.15, 0.2) is 0 Å². The number of hydrogen-bond donors (Lipinski definition) is 1. The van der Waals surface area contributed by atoms with E-state index in [4.69, 9.17) is 4.74 Å². The highest BCUT2D eigenvalue weighted by Crippen LogP contribution is 2.21. The number of aldehydes is 1. The molecule has 0 unspecified atom stereocenters. The Morgan fingerprint density at radius 3 is 2.33 bits per heavy atom. The fourth-order valence-corrected chi connectivity index (χ4v) is 1.38. The fourth-order valence-electron chi connectivity index (χ4n) is 1.38. The van der Waals surface area contributed by atoms with E-state index in [2.05, 4.69) is 5.32 Å². The van der Waals surface area contributed by atoms with Gasteiger partial charge in [-0.25, -0.2) is 4.79 Å². The predicted molar refractivity (Wildman–Crippen MR) is 55.7 cm³/mol. The summed E-state index contributed by atoms with van der Waals surface area (Å²) < 4.78 is 5.17. The molecule has 0 bridgehead atoms. The molecular weight excluding hydrogens is 196 g/mol. The van der Waals surface area contributed by atoms with Crippen LogP contribution < -0.4 is 5.32 Å². The van der Waals surface area contributed by atoms with Crippen LogP contribution in [-0.4, -0.2) is 48.6 Å². The molecule has 0 aromatic rings. The molecule has 5 heteroatoms. The van der Waals surface area contributed by atoms with Crippen molar-refractivity contribution in [1.29, 1.82) is 0 Å². The number of hydrogen-bond acceptors (Lipinski definition) is 4. The van der Waals surface area contributed by atoms with Gasteiger partial charge in [0.2, 0.25) is 0 Å². The normalized spacial score (nSPS) is 19.3. The first-order valence-corrected chi connectivity index (χ1v) is 4.95. The quantitative estimate of drug-likeness (QED) is 0.676. The fraction of sp³-hybridized carbons (Fsp3) is 0.800. The highest BCUT2D eigenvalue weighted by atomic mass is 16.6. The first kappa shape index (κ1) is 12.0. The molecule has 1 saturated heterocycles. The minimum absolute atomic E-state index is 0.366.